The van der Waals surface area contributed by atoms with Gasteiger partial charge in [0, 0.05) is 6.42 Å². The van der Waals surface area contributed by atoms with Crippen molar-refractivity contribution in [1.29, 1.82) is 0 Å². The highest BCUT2D eigenvalue weighted by atomic mass is 16.5. The van der Waals surface area contributed by atoms with Gasteiger partial charge in [-0.25, -0.2) is 0 Å². The summed E-state index contributed by atoms with van der Waals surface area (Å²) in [6.45, 7) is 4.75. The van der Waals surface area contributed by atoms with Gasteiger partial charge in [-0.05, 0) is 30.7 Å². The number of rotatable bonds is 7. The molecule has 0 aliphatic rings. The Morgan fingerprint density at radius 1 is 1.06 bits per heavy atom. The molecule has 88 valence electrons. The minimum atomic E-state index is 0.103. The maximum Gasteiger partial charge on any atom is 0.169 e. The van der Waals surface area contributed by atoms with Crippen LogP contribution in [0.1, 0.15) is 26.7 Å². The van der Waals surface area contributed by atoms with Gasteiger partial charge in [-0.1, -0.05) is 13.8 Å². The van der Waals surface area contributed by atoms with Gasteiger partial charge in [0.05, 0.1) is 6.61 Å². The van der Waals surface area contributed by atoms with E-state index in [1.807, 2.05) is 31.2 Å². The molecule has 0 spiro atoms. The molecule has 0 radical (unpaired) electrons. The maximum absolute atomic E-state index is 11.0. The molecule has 1 aromatic carbocycles. The summed E-state index contributed by atoms with van der Waals surface area (Å²) in [5.41, 5.74) is 0. The predicted octanol–water partition coefficient (Wildman–Crippen LogP) is 2.83. The molecule has 0 saturated carbocycles. The fourth-order valence-corrected chi connectivity index (χ4v) is 1.12. The van der Waals surface area contributed by atoms with Crippen LogP contribution >= 0.6 is 0 Å². The molecule has 1 rings (SSSR count). The summed E-state index contributed by atoms with van der Waals surface area (Å²) in [5.74, 6) is 1.63. The Hall–Kier alpha value is -1.51. The van der Waals surface area contributed by atoms with Crippen molar-refractivity contribution >= 4 is 5.78 Å². The Bertz CT molecular complexity index is 316. The van der Waals surface area contributed by atoms with Crippen LogP contribution < -0.4 is 9.47 Å². The Morgan fingerprint density at radius 2 is 1.62 bits per heavy atom. The summed E-state index contributed by atoms with van der Waals surface area (Å²) in [6.07, 6.45) is 1.50. The molecule has 1 aromatic rings. The average Bonchev–Trinajstić information content (AvgIpc) is 2.34. The van der Waals surface area contributed by atoms with E-state index in [1.54, 1.807) is 0 Å². The summed E-state index contributed by atoms with van der Waals surface area (Å²) in [5, 5.41) is 0. The van der Waals surface area contributed by atoms with E-state index in [-0.39, 0.29) is 12.4 Å². The molecule has 0 unspecified atom stereocenters. The van der Waals surface area contributed by atoms with E-state index in [1.165, 1.54) is 0 Å². The van der Waals surface area contributed by atoms with Crippen LogP contribution in [-0.2, 0) is 4.79 Å². The van der Waals surface area contributed by atoms with Crippen LogP contribution in [0.3, 0.4) is 0 Å². The average molecular weight is 222 g/mol. The van der Waals surface area contributed by atoms with Crippen LogP contribution in [0.15, 0.2) is 24.3 Å². The standard InChI is InChI=1S/C13H18O3/c1-3-9-15-12-5-7-13(8-6-12)16-10-11(14)4-2/h5-8H,3-4,9-10H2,1-2H3. The molecule has 0 atom stereocenters. The molecule has 0 fully saturated rings. The molecule has 0 aliphatic carbocycles. The van der Waals surface area contributed by atoms with Gasteiger partial charge in [-0.15, -0.1) is 0 Å². The van der Waals surface area contributed by atoms with Crippen molar-refractivity contribution in [2.45, 2.75) is 26.7 Å². The van der Waals surface area contributed by atoms with Crippen LogP contribution in [-0.4, -0.2) is 19.0 Å². The summed E-state index contributed by atoms with van der Waals surface area (Å²) >= 11 is 0. The van der Waals surface area contributed by atoms with Gasteiger partial charge in [0.15, 0.2) is 5.78 Å². The fraction of sp³-hybridized carbons (Fsp3) is 0.462. The molecule has 0 amide bonds. The SMILES string of the molecule is CCCOc1ccc(OCC(=O)CC)cc1. The van der Waals surface area contributed by atoms with E-state index in [0.29, 0.717) is 18.8 Å². The van der Waals surface area contributed by atoms with Gasteiger partial charge >= 0.3 is 0 Å². The van der Waals surface area contributed by atoms with Crippen molar-refractivity contribution in [2.75, 3.05) is 13.2 Å². The van der Waals surface area contributed by atoms with Crippen molar-refractivity contribution in [3.63, 3.8) is 0 Å². The lowest BCUT2D eigenvalue weighted by Crippen LogP contribution is -2.09. The normalized spacial score (nSPS) is 9.88. The molecular formula is C13H18O3. The van der Waals surface area contributed by atoms with Crippen LogP contribution in [0, 0.1) is 0 Å². The number of ketones is 1. The van der Waals surface area contributed by atoms with Gasteiger partial charge in [0.25, 0.3) is 0 Å². The molecule has 3 heteroatoms. The molecule has 0 saturated heterocycles. The zero-order valence-electron chi connectivity index (χ0n) is 9.86. The summed E-state index contributed by atoms with van der Waals surface area (Å²) in [6, 6.07) is 7.32. The van der Waals surface area contributed by atoms with E-state index < -0.39 is 0 Å². The third-order valence-electron chi connectivity index (χ3n) is 2.09. The smallest absolute Gasteiger partial charge is 0.169 e. The third-order valence-corrected chi connectivity index (χ3v) is 2.09. The largest absolute Gasteiger partial charge is 0.494 e. The number of carbonyl (C=O) groups excluding carboxylic acids is 1. The summed E-state index contributed by atoms with van der Waals surface area (Å²) in [4.78, 5) is 11.0. The minimum absolute atomic E-state index is 0.103. The lowest BCUT2D eigenvalue weighted by Gasteiger charge is -2.07. The Labute approximate surface area is 96.4 Å². The van der Waals surface area contributed by atoms with Crippen LogP contribution in [0.25, 0.3) is 0 Å². The molecular weight excluding hydrogens is 204 g/mol. The Kier molecular flexibility index (Phi) is 5.40. The van der Waals surface area contributed by atoms with E-state index in [2.05, 4.69) is 6.92 Å². The van der Waals surface area contributed by atoms with Crippen LogP contribution in [0.4, 0.5) is 0 Å². The summed E-state index contributed by atoms with van der Waals surface area (Å²) < 4.78 is 10.7. The van der Waals surface area contributed by atoms with Crippen molar-refractivity contribution in [3.8, 4) is 11.5 Å². The third kappa shape index (κ3) is 4.34. The van der Waals surface area contributed by atoms with Gasteiger partial charge in [-0.2, -0.15) is 0 Å². The topological polar surface area (TPSA) is 35.5 Å². The monoisotopic (exact) mass is 222 g/mol. The highest BCUT2D eigenvalue weighted by Gasteiger charge is 2.00. The Balaban J connectivity index is 2.41. The zero-order chi connectivity index (χ0) is 11.8. The molecule has 0 aliphatic heterocycles. The fourth-order valence-electron chi connectivity index (χ4n) is 1.12. The Morgan fingerprint density at radius 3 is 2.12 bits per heavy atom. The number of hydrogen-bond acceptors (Lipinski definition) is 3. The van der Waals surface area contributed by atoms with Gasteiger partial charge in [0.1, 0.15) is 18.1 Å². The second-order valence-corrected chi connectivity index (χ2v) is 3.50. The minimum Gasteiger partial charge on any atom is -0.494 e. The number of hydrogen-bond donors (Lipinski definition) is 0. The highest BCUT2D eigenvalue weighted by Crippen LogP contribution is 2.17. The lowest BCUT2D eigenvalue weighted by molar-refractivity contribution is -0.120. The second-order valence-electron chi connectivity index (χ2n) is 3.50. The van der Waals surface area contributed by atoms with E-state index in [0.717, 1.165) is 12.2 Å². The van der Waals surface area contributed by atoms with E-state index >= 15 is 0 Å². The van der Waals surface area contributed by atoms with Crippen molar-refractivity contribution in [1.82, 2.24) is 0 Å². The molecule has 0 bridgehead atoms. The first kappa shape index (κ1) is 12.6. The molecule has 0 aromatic heterocycles. The number of Topliss-reactive ketones (excluding diaryl/α,β-unsaturated/α-hetero) is 1. The quantitative estimate of drug-likeness (QED) is 0.711. The van der Waals surface area contributed by atoms with E-state index in [4.69, 9.17) is 9.47 Å². The number of carbonyl (C=O) groups is 1. The van der Waals surface area contributed by atoms with Crippen molar-refractivity contribution < 1.29 is 14.3 Å². The zero-order valence-corrected chi connectivity index (χ0v) is 9.86. The number of ether oxygens (including phenoxy) is 2. The van der Waals surface area contributed by atoms with Crippen molar-refractivity contribution in [3.05, 3.63) is 24.3 Å². The molecule has 16 heavy (non-hydrogen) atoms. The van der Waals surface area contributed by atoms with E-state index in [9.17, 15) is 4.79 Å². The lowest BCUT2D eigenvalue weighted by atomic mass is 10.3. The predicted molar refractivity (Wildman–Crippen MR) is 63.0 cm³/mol. The van der Waals surface area contributed by atoms with Gasteiger partial charge < -0.3 is 9.47 Å². The van der Waals surface area contributed by atoms with Crippen molar-refractivity contribution in [2.24, 2.45) is 0 Å². The molecule has 3 nitrogen and oxygen atoms in total. The van der Waals surface area contributed by atoms with Gasteiger partial charge in [0.2, 0.25) is 0 Å². The highest BCUT2D eigenvalue weighted by molar-refractivity contribution is 5.79. The van der Waals surface area contributed by atoms with Gasteiger partial charge in [-0.3, -0.25) is 4.79 Å². The van der Waals surface area contributed by atoms with Crippen LogP contribution in [0.5, 0.6) is 11.5 Å². The molecule has 0 N–H and O–H groups in total. The second kappa shape index (κ2) is 6.88. The summed E-state index contributed by atoms with van der Waals surface area (Å²) in [7, 11) is 0. The van der Waals surface area contributed by atoms with Crippen LogP contribution in [0.2, 0.25) is 0 Å². The first-order valence-corrected chi connectivity index (χ1v) is 5.63. The first-order valence-electron chi connectivity index (χ1n) is 5.63. The molecule has 0 heterocycles. The first-order chi connectivity index (χ1) is 7.76. The maximum atomic E-state index is 11.0. The number of benzene rings is 1.